The van der Waals surface area contributed by atoms with Crippen LogP contribution < -0.4 is 10.1 Å². The number of hydrogen-bond acceptors (Lipinski definition) is 8. The smallest absolute Gasteiger partial charge is 0.352 e. The highest BCUT2D eigenvalue weighted by Crippen LogP contribution is 2.39. The fourth-order valence-electron chi connectivity index (χ4n) is 4.54. The third-order valence-corrected chi connectivity index (χ3v) is 6.25. The molecule has 4 heterocycles. The minimum Gasteiger partial charge on any atom is -0.497 e. The lowest BCUT2D eigenvalue weighted by Gasteiger charge is -2.30. The van der Waals surface area contributed by atoms with Crippen molar-refractivity contribution in [2.24, 2.45) is 4.99 Å². The van der Waals surface area contributed by atoms with Crippen molar-refractivity contribution < 1.29 is 33.1 Å². The van der Waals surface area contributed by atoms with Crippen LogP contribution in [-0.4, -0.2) is 54.9 Å². The summed E-state index contributed by atoms with van der Waals surface area (Å²) in [7, 11) is 2.80. The Balaban J connectivity index is 1.50. The number of nitrogens with zero attached hydrogens (tertiary/aromatic N) is 2. The summed E-state index contributed by atoms with van der Waals surface area (Å²) < 4.78 is 15.9. The van der Waals surface area contributed by atoms with Gasteiger partial charge in [-0.15, -0.1) is 0 Å². The number of carbonyl (C=O) groups excluding carboxylic acids is 4. The summed E-state index contributed by atoms with van der Waals surface area (Å²) >= 11 is 0. The highest BCUT2D eigenvalue weighted by Gasteiger charge is 2.52. The molecule has 0 aliphatic carbocycles. The highest BCUT2D eigenvalue weighted by molar-refractivity contribution is 6.37. The Morgan fingerprint density at radius 3 is 2.73 bits per heavy atom. The van der Waals surface area contributed by atoms with Gasteiger partial charge >= 0.3 is 5.97 Å². The van der Waals surface area contributed by atoms with Crippen molar-refractivity contribution in [1.82, 2.24) is 10.2 Å². The number of fused-ring (bicyclic) bond motifs is 2. The fraction of sp³-hybridized carbons (Fsp3) is 0.348. The summed E-state index contributed by atoms with van der Waals surface area (Å²) in [5, 5.41) is 2.74. The summed E-state index contributed by atoms with van der Waals surface area (Å²) in [6.45, 7) is 0.196. The molecule has 0 bridgehead atoms. The number of furan rings is 1. The van der Waals surface area contributed by atoms with E-state index in [1.54, 1.807) is 18.2 Å². The van der Waals surface area contributed by atoms with E-state index in [2.05, 4.69) is 10.3 Å². The molecule has 170 valence electrons. The van der Waals surface area contributed by atoms with Gasteiger partial charge < -0.3 is 24.1 Å². The second-order valence-corrected chi connectivity index (χ2v) is 8.21. The maximum atomic E-state index is 13.1. The van der Waals surface area contributed by atoms with Gasteiger partial charge in [0.2, 0.25) is 5.91 Å². The van der Waals surface area contributed by atoms with Crippen LogP contribution in [0.1, 0.15) is 40.3 Å². The molecule has 3 aliphatic rings. The fourth-order valence-corrected chi connectivity index (χ4v) is 4.54. The third kappa shape index (κ3) is 3.29. The molecule has 1 aromatic carbocycles. The number of amides is 2. The molecule has 10 nitrogen and oxygen atoms in total. The zero-order valence-electron chi connectivity index (χ0n) is 18.1. The van der Waals surface area contributed by atoms with Gasteiger partial charge in [0.1, 0.15) is 28.7 Å². The Labute approximate surface area is 188 Å². The van der Waals surface area contributed by atoms with Crippen molar-refractivity contribution in [2.75, 3.05) is 20.8 Å². The average molecular weight is 451 g/mol. The molecule has 1 atom stereocenters. The molecule has 10 heteroatoms. The van der Waals surface area contributed by atoms with E-state index in [0.717, 1.165) is 5.56 Å². The number of aliphatic imine (C=N–C) groups is 1. The molecule has 0 spiro atoms. The SMILES string of the molecule is COC(=O)C1=Nc2cc(C3(CN4Cc5ccc(OC)cc5C4=O)NC(=O)CC3=O)oc2CC1. The van der Waals surface area contributed by atoms with Gasteiger partial charge in [-0.1, -0.05) is 6.07 Å². The van der Waals surface area contributed by atoms with Crippen LogP contribution in [0.4, 0.5) is 5.69 Å². The van der Waals surface area contributed by atoms with Gasteiger partial charge in [0.15, 0.2) is 11.3 Å². The first-order chi connectivity index (χ1) is 15.8. The standard InChI is InChI=1S/C23H21N3O7/c1-31-13-4-3-12-10-26(21(29)14(12)7-13)11-23(18(27)9-20(28)25-23)19-8-16-17(33-19)6-5-15(24-16)22(30)32-2/h3-4,7-8H,5-6,9-11H2,1-2H3,(H,25,28). The summed E-state index contributed by atoms with van der Waals surface area (Å²) in [5.74, 6) is -0.372. The van der Waals surface area contributed by atoms with Gasteiger partial charge in [-0.3, -0.25) is 14.4 Å². The van der Waals surface area contributed by atoms with E-state index in [9.17, 15) is 19.2 Å². The number of aryl methyl sites for hydroxylation is 1. The molecule has 1 aromatic heterocycles. The molecule has 3 aliphatic heterocycles. The van der Waals surface area contributed by atoms with E-state index in [1.165, 1.54) is 19.1 Å². The number of Topliss-reactive ketones (excluding diaryl/α,β-unsaturated/α-hetero) is 1. The molecular weight excluding hydrogens is 430 g/mol. The van der Waals surface area contributed by atoms with E-state index in [0.29, 0.717) is 35.6 Å². The Morgan fingerprint density at radius 2 is 2.03 bits per heavy atom. The van der Waals surface area contributed by atoms with Crippen LogP contribution >= 0.6 is 0 Å². The summed E-state index contributed by atoms with van der Waals surface area (Å²) in [5.41, 5.74) is 0.432. The van der Waals surface area contributed by atoms with Gasteiger partial charge in [0.25, 0.3) is 5.91 Å². The number of nitrogens with one attached hydrogen (secondary N) is 1. The first-order valence-electron chi connectivity index (χ1n) is 10.4. The number of ketones is 1. The molecule has 1 N–H and O–H groups in total. The molecule has 0 radical (unpaired) electrons. The molecule has 5 rings (SSSR count). The maximum absolute atomic E-state index is 13.1. The lowest BCUT2D eigenvalue weighted by molar-refractivity contribution is -0.133. The van der Waals surface area contributed by atoms with Gasteiger partial charge in [0, 0.05) is 31.0 Å². The van der Waals surface area contributed by atoms with E-state index in [1.807, 2.05) is 6.07 Å². The van der Waals surface area contributed by atoms with Gasteiger partial charge in [-0.05, 0) is 17.7 Å². The minimum absolute atomic E-state index is 0.0899. The number of benzene rings is 1. The average Bonchev–Trinajstić information content (AvgIpc) is 3.46. The zero-order valence-corrected chi connectivity index (χ0v) is 18.1. The first-order valence-corrected chi connectivity index (χ1v) is 10.4. The molecular formula is C23H21N3O7. The van der Waals surface area contributed by atoms with Crippen LogP contribution in [0.3, 0.4) is 0 Å². The monoisotopic (exact) mass is 451 g/mol. The second-order valence-electron chi connectivity index (χ2n) is 8.21. The quantitative estimate of drug-likeness (QED) is 0.538. The molecule has 0 saturated carbocycles. The Morgan fingerprint density at radius 1 is 1.21 bits per heavy atom. The van der Waals surface area contributed by atoms with E-state index < -0.39 is 23.2 Å². The molecule has 1 fully saturated rings. The number of esters is 1. The molecule has 2 aromatic rings. The number of hydrogen-bond donors (Lipinski definition) is 1. The largest absolute Gasteiger partial charge is 0.497 e. The van der Waals surface area contributed by atoms with Crippen molar-refractivity contribution >= 4 is 35.0 Å². The van der Waals surface area contributed by atoms with Crippen LogP contribution in [0, 0.1) is 0 Å². The minimum atomic E-state index is -1.53. The number of ether oxygens (including phenoxy) is 2. The lowest BCUT2D eigenvalue weighted by atomic mass is 9.92. The number of carbonyl (C=O) groups is 4. The van der Waals surface area contributed by atoms with Gasteiger partial charge in [-0.2, -0.15) is 0 Å². The van der Waals surface area contributed by atoms with E-state index >= 15 is 0 Å². The van der Waals surface area contributed by atoms with Crippen LogP contribution in [-0.2, 0) is 37.6 Å². The molecule has 2 amide bonds. The number of rotatable bonds is 5. The summed E-state index contributed by atoms with van der Waals surface area (Å²) in [4.78, 5) is 56.1. The zero-order chi connectivity index (χ0) is 23.3. The van der Waals surface area contributed by atoms with Crippen molar-refractivity contribution in [1.29, 1.82) is 0 Å². The molecule has 1 saturated heterocycles. The summed E-state index contributed by atoms with van der Waals surface area (Å²) in [6, 6.07) is 6.79. The normalized spacial score (nSPS) is 21.5. The van der Waals surface area contributed by atoms with Crippen LogP contribution in [0.25, 0.3) is 0 Å². The Bertz CT molecular complexity index is 1240. The Hall–Kier alpha value is -3.95. The number of methoxy groups -OCH3 is 2. The van der Waals surface area contributed by atoms with Crippen molar-refractivity contribution in [2.45, 2.75) is 31.3 Å². The first kappa shape index (κ1) is 20.9. The lowest BCUT2D eigenvalue weighted by Crippen LogP contribution is -2.52. The van der Waals surface area contributed by atoms with Crippen molar-refractivity contribution in [3.63, 3.8) is 0 Å². The topological polar surface area (TPSA) is 128 Å². The maximum Gasteiger partial charge on any atom is 0.352 e. The van der Waals surface area contributed by atoms with E-state index in [-0.39, 0.29) is 36.9 Å². The second kappa shape index (κ2) is 7.58. The molecule has 1 unspecified atom stereocenters. The highest BCUT2D eigenvalue weighted by atomic mass is 16.5. The van der Waals surface area contributed by atoms with Crippen LogP contribution in [0.15, 0.2) is 33.7 Å². The summed E-state index contributed by atoms with van der Waals surface area (Å²) in [6.07, 6.45) is 0.419. The van der Waals surface area contributed by atoms with Crippen LogP contribution in [0.5, 0.6) is 5.75 Å². The predicted molar refractivity (Wildman–Crippen MR) is 113 cm³/mol. The third-order valence-electron chi connectivity index (χ3n) is 6.25. The van der Waals surface area contributed by atoms with Gasteiger partial charge in [0.05, 0.1) is 27.2 Å². The van der Waals surface area contributed by atoms with Crippen LogP contribution in [0.2, 0.25) is 0 Å². The van der Waals surface area contributed by atoms with Gasteiger partial charge in [-0.25, -0.2) is 9.79 Å². The van der Waals surface area contributed by atoms with Crippen molar-refractivity contribution in [3.05, 3.63) is 46.9 Å². The predicted octanol–water partition coefficient (Wildman–Crippen LogP) is 1.42. The van der Waals surface area contributed by atoms with E-state index in [4.69, 9.17) is 13.9 Å². The Kier molecular flexibility index (Phi) is 4.80. The van der Waals surface area contributed by atoms with Crippen molar-refractivity contribution in [3.8, 4) is 5.75 Å². The molecule has 33 heavy (non-hydrogen) atoms.